The Morgan fingerprint density at radius 1 is 1.17 bits per heavy atom. The maximum atomic E-state index is 12.7. The molecule has 0 aliphatic heterocycles. The van der Waals surface area contributed by atoms with Crippen LogP contribution in [0, 0.1) is 0 Å². The number of para-hydroxylation sites is 2. The molecule has 3 N–H and O–H groups in total. The standard InChI is InChI=1S/C21H21N5O3/c1-12(19(27)25-21-23-15-6-4-5-7-16(15)24-21)22-20(28)18-11-13-10-14(29-3)8-9-17(13)26(18)2/h4-12H,1-3H3,(H,22,28)(H2,23,24,25,27)/t12-/m0/s1. The van der Waals surface area contributed by atoms with Crippen molar-refractivity contribution < 1.29 is 14.3 Å². The third kappa shape index (κ3) is 3.52. The number of carbonyl (C=O) groups excluding carboxylic acids is 2. The second kappa shape index (κ2) is 7.31. The number of rotatable bonds is 5. The number of aryl methyl sites for hydroxylation is 1. The zero-order chi connectivity index (χ0) is 20.5. The Morgan fingerprint density at radius 3 is 2.72 bits per heavy atom. The summed E-state index contributed by atoms with van der Waals surface area (Å²) >= 11 is 0. The number of nitrogens with zero attached hydrogens (tertiary/aromatic N) is 2. The number of anilines is 1. The summed E-state index contributed by atoms with van der Waals surface area (Å²) in [6.07, 6.45) is 0. The molecule has 4 rings (SSSR count). The Labute approximate surface area is 166 Å². The summed E-state index contributed by atoms with van der Waals surface area (Å²) in [6, 6.07) is 14.1. The minimum Gasteiger partial charge on any atom is -0.497 e. The van der Waals surface area contributed by atoms with Gasteiger partial charge in [0.05, 0.1) is 18.1 Å². The predicted octanol–water partition coefficient (Wildman–Crippen LogP) is 2.82. The lowest BCUT2D eigenvalue weighted by atomic mass is 10.2. The van der Waals surface area contributed by atoms with Crippen LogP contribution in [0.1, 0.15) is 17.4 Å². The molecule has 1 atom stereocenters. The van der Waals surface area contributed by atoms with E-state index in [2.05, 4.69) is 20.6 Å². The van der Waals surface area contributed by atoms with E-state index in [-0.39, 0.29) is 11.8 Å². The molecule has 148 valence electrons. The molecule has 0 radical (unpaired) electrons. The van der Waals surface area contributed by atoms with Crippen LogP contribution in [0.3, 0.4) is 0 Å². The molecule has 2 aromatic carbocycles. The number of H-pyrrole nitrogens is 1. The lowest BCUT2D eigenvalue weighted by molar-refractivity contribution is -0.117. The topological polar surface area (TPSA) is 101 Å². The highest BCUT2D eigenvalue weighted by Crippen LogP contribution is 2.23. The number of fused-ring (bicyclic) bond motifs is 2. The van der Waals surface area contributed by atoms with Crippen LogP contribution in [0.5, 0.6) is 5.75 Å². The van der Waals surface area contributed by atoms with Crippen molar-refractivity contribution in [1.29, 1.82) is 0 Å². The van der Waals surface area contributed by atoms with E-state index in [1.807, 2.05) is 49.5 Å². The molecule has 29 heavy (non-hydrogen) atoms. The molecular weight excluding hydrogens is 370 g/mol. The fourth-order valence-electron chi connectivity index (χ4n) is 3.25. The third-order valence-electron chi connectivity index (χ3n) is 4.85. The number of amides is 2. The number of methoxy groups -OCH3 is 1. The first-order valence-electron chi connectivity index (χ1n) is 9.16. The summed E-state index contributed by atoms with van der Waals surface area (Å²) in [7, 11) is 3.41. The molecule has 4 aromatic rings. The summed E-state index contributed by atoms with van der Waals surface area (Å²) < 4.78 is 7.02. The maximum Gasteiger partial charge on any atom is 0.268 e. The fraction of sp³-hybridized carbons (Fsp3) is 0.190. The zero-order valence-corrected chi connectivity index (χ0v) is 16.3. The van der Waals surface area contributed by atoms with Gasteiger partial charge in [-0.2, -0.15) is 0 Å². The van der Waals surface area contributed by atoms with E-state index in [0.29, 0.717) is 17.4 Å². The summed E-state index contributed by atoms with van der Waals surface area (Å²) in [4.78, 5) is 32.6. The molecule has 0 fully saturated rings. The quantitative estimate of drug-likeness (QED) is 0.487. The number of aromatic nitrogens is 3. The number of hydrogen-bond donors (Lipinski definition) is 3. The molecule has 0 saturated carbocycles. The van der Waals surface area contributed by atoms with Gasteiger partial charge >= 0.3 is 0 Å². The second-order valence-corrected chi connectivity index (χ2v) is 6.80. The number of nitrogens with one attached hydrogen (secondary N) is 3. The van der Waals surface area contributed by atoms with Gasteiger partial charge in [-0.05, 0) is 43.3 Å². The summed E-state index contributed by atoms with van der Waals surface area (Å²) in [5, 5.41) is 6.32. The molecule has 0 aliphatic rings. The van der Waals surface area contributed by atoms with Crippen molar-refractivity contribution in [2.45, 2.75) is 13.0 Å². The molecular formula is C21H21N5O3. The number of carbonyl (C=O) groups is 2. The van der Waals surface area contributed by atoms with Gasteiger partial charge in [0.15, 0.2) is 0 Å². The van der Waals surface area contributed by atoms with Crippen molar-refractivity contribution in [2.75, 3.05) is 12.4 Å². The first-order chi connectivity index (χ1) is 14.0. The fourth-order valence-corrected chi connectivity index (χ4v) is 3.25. The smallest absolute Gasteiger partial charge is 0.268 e. The lowest BCUT2D eigenvalue weighted by Crippen LogP contribution is -2.42. The number of hydrogen-bond acceptors (Lipinski definition) is 4. The van der Waals surface area contributed by atoms with Crippen LogP contribution in [0.25, 0.3) is 21.9 Å². The van der Waals surface area contributed by atoms with E-state index in [0.717, 1.165) is 21.9 Å². The van der Waals surface area contributed by atoms with Crippen LogP contribution < -0.4 is 15.4 Å². The molecule has 0 spiro atoms. The van der Waals surface area contributed by atoms with Crippen LogP contribution >= 0.6 is 0 Å². The molecule has 2 heterocycles. The Balaban J connectivity index is 1.48. The summed E-state index contributed by atoms with van der Waals surface area (Å²) in [5.41, 5.74) is 2.93. The highest BCUT2D eigenvalue weighted by molar-refractivity contribution is 6.02. The van der Waals surface area contributed by atoms with Gasteiger partial charge in [0, 0.05) is 18.0 Å². The number of ether oxygens (including phenoxy) is 1. The van der Waals surface area contributed by atoms with Gasteiger partial charge in [-0.15, -0.1) is 0 Å². The molecule has 8 nitrogen and oxygen atoms in total. The van der Waals surface area contributed by atoms with Gasteiger partial charge in [-0.3, -0.25) is 14.9 Å². The Hall–Kier alpha value is -3.81. The zero-order valence-electron chi connectivity index (χ0n) is 16.3. The van der Waals surface area contributed by atoms with Crippen LogP contribution in [-0.2, 0) is 11.8 Å². The lowest BCUT2D eigenvalue weighted by Gasteiger charge is -2.13. The summed E-state index contributed by atoms with van der Waals surface area (Å²) in [6.45, 7) is 1.63. The van der Waals surface area contributed by atoms with Gasteiger partial charge in [-0.25, -0.2) is 4.98 Å². The largest absolute Gasteiger partial charge is 0.497 e. The van der Waals surface area contributed by atoms with Crippen molar-refractivity contribution >= 4 is 39.7 Å². The van der Waals surface area contributed by atoms with Crippen molar-refractivity contribution in [3.8, 4) is 5.75 Å². The van der Waals surface area contributed by atoms with Crippen LogP contribution in [0.4, 0.5) is 5.95 Å². The minimum atomic E-state index is -0.747. The van der Waals surface area contributed by atoms with Crippen molar-refractivity contribution in [3.63, 3.8) is 0 Å². The Kier molecular flexibility index (Phi) is 4.67. The van der Waals surface area contributed by atoms with Gasteiger partial charge < -0.3 is 19.6 Å². The van der Waals surface area contributed by atoms with Gasteiger partial charge in [0.1, 0.15) is 17.5 Å². The molecule has 2 aromatic heterocycles. The van der Waals surface area contributed by atoms with E-state index in [9.17, 15) is 9.59 Å². The normalized spacial score (nSPS) is 12.1. The summed E-state index contributed by atoms with van der Waals surface area (Å²) in [5.74, 6) is 0.357. The average molecular weight is 391 g/mol. The molecule has 0 saturated heterocycles. The first kappa shape index (κ1) is 18.5. The van der Waals surface area contributed by atoms with Crippen molar-refractivity contribution in [2.24, 2.45) is 7.05 Å². The van der Waals surface area contributed by atoms with Crippen LogP contribution in [0.2, 0.25) is 0 Å². The second-order valence-electron chi connectivity index (χ2n) is 6.80. The molecule has 2 amide bonds. The van der Waals surface area contributed by atoms with E-state index in [1.165, 1.54) is 0 Å². The minimum absolute atomic E-state index is 0.338. The number of imidazole rings is 1. The Morgan fingerprint density at radius 2 is 1.97 bits per heavy atom. The molecule has 8 heteroatoms. The van der Waals surface area contributed by atoms with Gasteiger partial charge in [0.25, 0.3) is 5.91 Å². The van der Waals surface area contributed by atoms with Gasteiger partial charge in [0.2, 0.25) is 11.9 Å². The first-order valence-corrected chi connectivity index (χ1v) is 9.16. The monoisotopic (exact) mass is 391 g/mol. The van der Waals surface area contributed by atoms with E-state index in [4.69, 9.17) is 4.74 Å². The highest BCUT2D eigenvalue weighted by atomic mass is 16.5. The number of benzene rings is 2. The molecule has 0 unspecified atom stereocenters. The molecule has 0 aliphatic carbocycles. The average Bonchev–Trinajstić information content (AvgIpc) is 3.27. The van der Waals surface area contributed by atoms with E-state index < -0.39 is 6.04 Å². The van der Waals surface area contributed by atoms with E-state index in [1.54, 1.807) is 24.7 Å². The maximum absolute atomic E-state index is 12.7. The van der Waals surface area contributed by atoms with Crippen LogP contribution in [0.15, 0.2) is 48.5 Å². The third-order valence-corrected chi connectivity index (χ3v) is 4.85. The van der Waals surface area contributed by atoms with Gasteiger partial charge in [-0.1, -0.05) is 12.1 Å². The van der Waals surface area contributed by atoms with E-state index >= 15 is 0 Å². The van der Waals surface area contributed by atoms with Crippen molar-refractivity contribution in [3.05, 3.63) is 54.2 Å². The SMILES string of the molecule is COc1ccc2c(c1)cc(C(=O)N[C@@H](C)C(=O)Nc1nc3ccccc3[nH]1)n2C. The highest BCUT2D eigenvalue weighted by Gasteiger charge is 2.20. The predicted molar refractivity (Wildman–Crippen MR) is 111 cm³/mol. The number of aromatic amines is 1. The van der Waals surface area contributed by atoms with Crippen molar-refractivity contribution in [1.82, 2.24) is 19.9 Å². The van der Waals surface area contributed by atoms with Crippen LogP contribution in [-0.4, -0.2) is 39.5 Å². The Bertz CT molecular complexity index is 1190. The molecule has 0 bridgehead atoms.